The van der Waals surface area contributed by atoms with Gasteiger partial charge in [0.15, 0.2) is 0 Å². The van der Waals surface area contributed by atoms with E-state index in [1.165, 1.54) is 12.1 Å². The lowest BCUT2D eigenvalue weighted by atomic mass is 9.89. The number of pyridine rings is 1. The molecule has 0 spiro atoms. The van der Waals surface area contributed by atoms with Crippen LogP contribution in [0.5, 0.6) is 5.75 Å². The Kier molecular flexibility index (Phi) is 4.74. The van der Waals surface area contributed by atoms with E-state index in [0.717, 1.165) is 11.1 Å². The monoisotopic (exact) mass is 417 g/mol. The SMILES string of the molecule is CC(C)c1[nH]c2c3cc(Cl)c(Cl)cc3c(O)c-2c(-c2ccc(F)cc2)c1CO. The van der Waals surface area contributed by atoms with Gasteiger partial charge in [-0.05, 0) is 35.7 Å². The topological polar surface area (TPSA) is 56.2 Å². The van der Waals surface area contributed by atoms with Crippen LogP contribution in [0, 0.1) is 5.82 Å². The third-order valence-electron chi connectivity index (χ3n) is 5.08. The summed E-state index contributed by atoms with van der Waals surface area (Å²) >= 11 is 12.4. The Morgan fingerprint density at radius 1 is 1.00 bits per heavy atom. The Labute approximate surface area is 171 Å². The predicted molar refractivity (Wildman–Crippen MR) is 112 cm³/mol. The van der Waals surface area contributed by atoms with Crippen molar-refractivity contribution in [3.8, 4) is 28.1 Å². The highest BCUT2D eigenvalue weighted by atomic mass is 35.5. The van der Waals surface area contributed by atoms with Gasteiger partial charge in [0.2, 0.25) is 0 Å². The van der Waals surface area contributed by atoms with Gasteiger partial charge in [-0.2, -0.15) is 0 Å². The van der Waals surface area contributed by atoms with Crippen molar-refractivity contribution in [2.45, 2.75) is 26.4 Å². The van der Waals surface area contributed by atoms with Crippen molar-refractivity contribution in [3.05, 3.63) is 63.5 Å². The molecule has 0 aromatic heterocycles. The molecule has 2 aromatic rings. The number of H-pyrrole nitrogens is 1. The molecule has 0 saturated carbocycles. The van der Waals surface area contributed by atoms with E-state index < -0.39 is 0 Å². The molecule has 4 rings (SSSR count). The Balaban J connectivity index is 2.22. The van der Waals surface area contributed by atoms with E-state index in [4.69, 9.17) is 23.2 Å². The van der Waals surface area contributed by atoms with Crippen LogP contribution >= 0.6 is 23.2 Å². The van der Waals surface area contributed by atoms with Gasteiger partial charge >= 0.3 is 0 Å². The second-order valence-electron chi connectivity index (χ2n) is 7.12. The molecule has 0 unspecified atom stereocenters. The van der Waals surface area contributed by atoms with Gasteiger partial charge in [0.1, 0.15) is 11.6 Å². The van der Waals surface area contributed by atoms with Crippen LogP contribution in [0.15, 0.2) is 36.4 Å². The maximum atomic E-state index is 13.5. The van der Waals surface area contributed by atoms with Gasteiger partial charge in [0.25, 0.3) is 0 Å². The number of halogens is 3. The Morgan fingerprint density at radius 3 is 2.18 bits per heavy atom. The fraction of sp³-hybridized carbons (Fsp3) is 0.182. The van der Waals surface area contributed by atoms with E-state index >= 15 is 0 Å². The first-order valence-electron chi connectivity index (χ1n) is 8.88. The van der Waals surface area contributed by atoms with Crippen molar-refractivity contribution in [2.75, 3.05) is 0 Å². The lowest BCUT2D eigenvalue weighted by molar-refractivity contribution is 0.280. The smallest absolute Gasteiger partial charge is 0.133 e. The molecule has 2 aliphatic rings. The fourth-order valence-corrected chi connectivity index (χ4v) is 4.13. The molecule has 0 saturated heterocycles. The van der Waals surface area contributed by atoms with Crippen LogP contribution in [0.4, 0.5) is 4.39 Å². The van der Waals surface area contributed by atoms with Crippen LogP contribution in [0.3, 0.4) is 0 Å². The number of hydrogen-bond acceptors (Lipinski definition) is 2. The van der Waals surface area contributed by atoms with Gasteiger partial charge in [-0.15, -0.1) is 0 Å². The van der Waals surface area contributed by atoms with Crippen LogP contribution in [-0.4, -0.2) is 15.2 Å². The molecule has 1 aliphatic heterocycles. The Hall–Kier alpha value is -2.27. The third kappa shape index (κ3) is 2.84. The molecule has 0 atom stereocenters. The molecule has 0 bridgehead atoms. The minimum atomic E-state index is -0.354. The molecule has 3 nitrogen and oxygen atoms in total. The normalized spacial score (nSPS) is 11.8. The van der Waals surface area contributed by atoms with Gasteiger partial charge in [0.05, 0.1) is 22.3 Å². The minimum Gasteiger partial charge on any atom is -0.507 e. The highest BCUT2D eigenvalue weighted by Gasteiger charge is 2.28. The molecular weight excluding hydrogens is 400 g/mol. The summed E-state index contributed by atoms with van der Waals surface area (Å²) in [5, 5.41) is 23.2. The summed E-state index contributed by atoms with van der Waals surface area (Å²) in [6.45, 7) is 3.80. The zero-order valence-electron chi connectivity index (χ0n) is 15.3. The van der Waals surface area contributed by atoms with Gasteiger partial charge in [-0.1, -0.05) is 49.2 Å². The van der Waals surface area contributed by atoms with Crippen LogP contribution in [0.2, 0.25) is 10.0 Å². The maximum absolute atomic E-state index is 13.5. The summed E-state index contributed by atoms with van der Waals surface area (Å²) in [6.07, 6.45) is 0. The lowest BCUT2D eigenvalue weighted by Crippen LogP contribution is -2.06. The molecule has 6 heteroatoms. The predicted octanol–water partition coefficient (Wildman–Crippen LogP) is 6.71. The third-order valence-corrected chi connectivity index (χ3v) is 5.80. The second-order valence-corrected chi connectivity index (χ2v) is 7.94. The molecule has 1 aliphatic carbocycles. The van der Waals surface area contributed by atoms with Gasteiger partial charge in [0, 0.05) is 33.2 Å². The number of nitrogens with one attached hydrogen (secondary N) is 1. The van der Waals surface area contributed by atoms with Gasteiger partial charge in [-0.25, -0.2) is 4.39 Å². The van der Waals surface area contributed by atoms with Crippen LogP contribution in [-0.2, 0) is 6.61 Å². The maximum Gasteiger partial charge on any atom is 0.133 e. The van der Waals surface area contributed by atoms with E-state index in [1.807, 2.05) is 13.8 Å². The Bertz CT molecular complexity index is 1170. The number of benzene rings is 2. The molecule has 2 aromatic carbocycles. The number of fused-ring (bicyclic) bond motifs is 3. The number of aromatic amines is 1. The van der Waals surface area contributed by atoms with E-state index in [9.17, 15) is 14.6 Å². The summed E-state index contributed by atoms with van der Waals surface area (Å²) in [5.74, 6) is -0.225. The number of aliphatic hydroxyl groups excluding tert-OH is 1. The molecule has 1 heterocycles. The second kappa shape index (κ2) is 6.96. The zero-order chi connectivity index (χ0) is 20.2. The van der Waals surface area contributed by atoms with E-state index in [1.54, 1.807) is 24.3 Å². The summed E-state index contributed by atoms with van der Waals surface area (Å²) in [6, 6.07) is 9.36. The average molecular weight is 418 g/mol. The largest absolute Gasteiger partial charge is 0.507 e. The van der Waals surface area contributed by atoms with Crippen molar-refractivity contribution in [3.63, 3.8) is 0 Å². The summed E-state index contributed by atoms with van der Waals surface area (Å²) in [7, 11) is 0. The number of aromatic hydroxyl groups is 1. The van der Waals surface area contributed by atoms with Crippen molar-refractivity contribution in [1.29, 1.82) is 0 Å². The first kappa shape index (κ1) is 19.1. The molecule has 144 valence electrons. The van der Waals surface area contributed by atoms with E-state index in [-0.39, 0.29) is 24.1 Å². The molecule has 0 fully saturated rings. The molecule has 28 heavy (non-hydrogen) atoms. The van der Waals surface area contributed by atoms with Crippen molar-refractivity contribution in [1.82, 2.24) is 4.98 Å². The van der Waals surface area contributed by atoms with Crippen LogP contribution < -0.4 is 0 Å². The van der Waals surface area contributed by atoms with E-state index in [2.05, 4.69) is 4.98 Å². The number of rotatable bonds is 3. The van der Waals surface area contributed by atoms with Crippen LogP contribution in [0.1, 0.15) is 31.0 Å². The molecule has 0 amide bonds. The van der Waals surface area contributed by atoms with Crippen molar-refractivity contribution < 1.29 is 14.6 Å². The number of aliphatic hydroxyl groups is 1. The van der Waals surface area contributed by atoms with Crippen molar-refractivity contribution in [2.24, 2.45) is 0 Å². The van der Waals surface area contributed by atoms with Gasteiger partial charge in [-0.3, -0.25) is 0 Å². The van der Waals surface area contributed by atoms with Crippen LogP contribution in [0.25, 0.3) is 33.2 Å². The average Bonchev–Trinajstić information content (AvgIpc) is 2.93. The highest BCUT2D eigenvalue weighted by Crippen LogP contribution is 2.51. The minimum absolute atomic E-state index is 0.0455. The summed E-state index contributed by atoms with van der Waals surface area (Å²) < 4.78 is 13.5. The van der Waals surface area contributed by atoms with E-state index in [0.29, 0.717) is 43.4 Å². The quantitative estimate of drug-likeness (QED) is 0.347. The summed E-state index contributed by atoms with van der Waals surface area (Å²) in [4.78, 5) is 3.38. The zero-order valence-corrected chi connectivity index (χ0v) is 16.8. The first-order valence-corrected chi connectivity index (χ1v) is 9.64. The van der Waals surface area contributed by atoms with Crippen molar-refractivity contribution >= 4 is 34.0 Å². The molecule has 3 N–H and O–H groups in total. The van der Waals surface area contributed by atoms with Gasteiger partial charge < -0.3 is 15.2 Å². The molecule has 0 radical (unpaired) electrons. The lowest BCUT2D eigenvalue weighted by Gasteiger charge is -2.21. The fourth-order valence-electron chi connectivity index (χ4n) is 3.80. The highest BCUT2D eigenvalue weighted by molar-refractivity contribution is 6.43. The number of aromatic nitrogens is 1. The number of hydrogen-bond donors (Lipinski definition) is 3. The standard InChI is InChI=1S/C22H18Cl2FNO2/c1-10(2)20-15(9-27)18(11-3-5-12(25)6-4-11)19-21(26-20)13-7-16(23)17(24)8-14(13)22(19)28/h3-8,10,26-28H,9H2,1-2H3. The summed E-state index contributed by atoms with van der Waals surface area (Å²) in [5.41, 5.74) is 4.12. The Morgan fingerprint density at radius 2 is 1.61 bits per heavy atom. The molecular formula is C22H18Cl2FNO2. The first-order chi connectivity index (χ1) is 13.3.